The molecule has 0 amide bonds. The predicted molar refractivity (Wildman–Crippen MR) is 76.6 cm³/mol. The van der Waals surface area contributed by atoms with Crippen LogP contribution < -0.4 is 4.74 Å². The van der Waals surface area contributed by atoms with E-state index in [4.69, 9.17) is 9.84 Å². The minimum atomic E-state index is -1.00. The van der Waals surface area contributed by atoms with E-state index in [1.807, 2.05) is 0 Å². The van der Waals surface area contributed by atoms with Gasteiger partial charge in [0.15, 0.2) is 0 Å². The number of carboxylic acids is 1. The molecule has 0 aliphatic rings. The molecule has 0 aliphatic heterocycles. The van der Waals surface area contributed by atoms with Gasteiger partial charge in [0, 0.05) is 15.6 Å². The van der Waals surface area contributed by atoms with Crippen LogP contribution >= 0.6 is 15.9 Å². The molecule has 0 saturated heterocycles. The van der Waals surface area contributed by atoms with Gasteiger partial charge in [0.25, 0.3) is 0 Å². The average molecular weight is 339 g/mol. The lowest BCUT2D eigenvalue weighted by Crippen LogP contribution is -2.03. The van der Waals surface area contributed by atoms with Gasteiger partial charge in [-0.15, -0.1) is 0 Å². The number of hydrogen-bond acceptors (Lipinski definition) is 2. The summed E-state index contributed by atoms with van der Waals surface area (Å²) >= 11 is 3.32. The van der Waals surface area contributed by atoms with Crippen LogP contribution in [0.5, 0.6) is 5.75 Å². The number of rotatable bonds is 4. The molecule has 0 fully saturated rings. The van der Waals surface area contributed by atoms with Crippen molar-refractivity contribution < 1.29 is 19.0 Å². The molecule has 0 aliphatic carbocycles. The lowest BCUT2D eigenvalue weighted by Gasteiger charge is -2.12. The molecule has 2 aromatic carbocycles. The third-order valence-electron chi connectivity index (χ3n) is 2.91. The predicted octanol–water partition coefficient (Wildman–Crippen LogP) is 4.17. The monoisotopic (exact) mass is 338 g/mol. The van der Waals surface area contributed by atoms with Crippen molar-refractivity contribution in [3.63, 3.8) is 0 Å². The smallest absolute Gasteiger partial charge is 0.336 e. The normalized spacial score (nSPS) is 10.3. The standard InChI is InChI=1S/C15H12BrFO3/c1-9-12(15(18)19)3-2-4-14(9)20-8-10-7-11(17)5-6-13(10)16/h2-7H,8H2,1H3,(H,18,19). The first-order chi connectivity index (χ1) is 9.49. The fourth-order valence-electron chi connectivity index (χ4n) is 1.81. The molecular formula is C15H12BrFO3. The van der Waals surface area contributed by atoms with Crippen LogP contribution in [0.1, 0.15) is 21.5 Å². The Kier molecular flexibility index (Phi) is 4.39. The Hall–Kier alpha value is -1.88. The molecule has 2 rings (SSSR count). The Morgan fingerprint density at radius 2 is 2.10 bits per heavy atom. The highest BCUT2D eigenvalue weighted by atomic mass is 79.9. The molecular weight excluding hydrogens is 327 g/mol. The van der Waals surface area contributed by atoms with Gasteiger partial charge in [0.1, 0.15) is 18.2 Å². The summed E-state index contributed by atoms with van der Waals surface area (Å²) in [6.45, 7) is 1.83. The highest BCUT2D eigenvalue weighted by Crippen LogP contribution is 2.24. The molecule has 104 valence electrons. The van der Waals surface area contributed by atoms with E-state index >= 15 is 0 Å². The first-order valence-corrected chi connectivity index (χ1v) is 6.68. The zero-order valence-corrected chi connectivity index (χ0v) is 12.3. The molecule has 3 nitrogen and oxygen atoms in total. The highest BCUT2D eigenvalue weighted by molar-refractivity contribution is 9.10. The Labute approximate surface area is 124 Å². The lowest BCUT2D eigenvalue weighted by molar-refractivity contribution is 0.0695. The van der Waals surface area contributed by atoms with Gasteiger partial charge in [-0.1, -0.05) is 22.0 Å². The molecule has 20 heavy (non-hydrogen) atoms. The van der Waals surface area contributed by atoms with Crippen LogP contribution in [0, 0.1) is 12.7 Å². The molecule has 1 N–H and O–H groups in total. The Morgan fingerprint density at radius 1 is 1.35 bits per heavy atom. The summed E-state index contributed by atoms with van der Waals surface area (Å²) in [5, 5.41) is 9.04. The summed E-state index contributed by atoms with van der Waals surface area (Å²) in [5.41, 5.74) is 1.40. The molecule has 0 unspecified atom stereocenters. The molecule has 0 atom stereocenters. The lowest BCUT2D eigenvalue weighted by atomic mass is 10.1. The van der Waals surface area contributed by atoms with Crippen molar-refractivity contribution in [2.45, 2.75) is 13.5 Å². The maximum absolute atomic E-state index is 13.2. The van der Waals surface area contributed by atoms with Crippen LogP contribution in [0.4, 0.5) is 4.39 Å². The van der Waals surface area contributed by atoms with E-state index in [0.717, 1.165) is 4.47 Å². The molecule has 2 aromatic rings. The van der Waals surface area contributed by atoms with Crippen molar-refractivity contribution >= 4 is 21.9 Å². The van der Waals surface area contributed by atoms with Gasteiger partial charge < -0.3 is 9.84 Å². The van der Waals surface area contributed by atoms with Crippen molar-refractivity contribution in [2.24, 2.45) is 0 Å². The minimum Gasteiger partial charge on any atom is -0.489 e. The number of carboxylic acid groups (broad SMARTS) is 1. The molecule has 0 radical (unpaired) electrons. The number of carbonyl (C=O) groups is 1. The van der Waals surface area contributed by atoms with Crippen molar-refractivity contribution in [3.8, 4) is 5.75 Å². The largest absolute Gasteiger partial charge is 0.489 e. The van der Waals surface area contributed by atoms with Gasteiger partial charge >= 0.3 is 5.97 Å². The number of benzene rings is 2. The summed E-state index contributed by atoms with van der Waals surface area (Å²) in [7, 11) is 0. The third-order valence-corrected chi connectivity index (χ3v) is 3.68. The van der Waals surface area contributed by atoms with Crippen LogP contribution in [0.25, 0.3) is 0 Å². The second-order valence-corrected chi connectivity index (χ2v) is 5.11. The fourth-order valence-corrected chi connectivity index (χ4v) is 2.17. The van der Waals surface area contributed by atoms with Gasteiger partial charge in [-0.05, 0) is 37.3 Å². The minimum absolute atomic E-state index is 0.155. The van der Waals surface area contributed by atoms with Crippen LogP contribution in [-0.4, -0.2) is 11.1 Å². The SMILES string of the molecule is Cc1c(OCc2cc(F)ccc2Br)cccc1C(=O)O. The van der Waals surface area contributed by atoms with Crippen LogP contribution in [-0.2, 0) is 6.61 Å². The van der Waals surface area contributed by atoms with Crippen LogP contribution in [0.2, 0.25) is 0 Å². The highest BCUT2D eigenvalue weighted by Gasteiger charge is 2.11. The van der Waals surface area contributed by atoms with E-state index in [1.54, 1.807) is 25.1 Å². The summed E-state index contributed by atoms with van der Waals surface area (Å²) in [4.78, 5) is 11.0. The van der Waals surface area contributed by atoms with Gasteiger partial charge in [-0.25, -0.2) is 9.18 Å². The third kappa shape index (κ3) is 3.17. The van der Waals surface area contributed by atoms with Crippen LogP contribution in [0.15, 0.2) is 40.9 Å². The molecule has 5 heteroatoms. The Balaban J connectivity index is 2.21. The van der Waals surface area contributed by atoms with Gasteiger partial charge in [-0.3, -0.25) is 0 Å². The second kappa shape index (κ2) is 6.05. The van der Waals surface area contributed by atoms with Crippen LogP contribution in [0.3, 0.4) is 0 Å². The van der Waals surface area contributed by atoms with Crippen molar-refractivity contribution in [1.29, 1.82) is 0 Å². The van der Waals surface area contributed by atoms with E-state index in [0.29, 0.717) is 16.9 Å². The van der Waals surface area contributed by atoms with Gasteiger partial charge in [0.2, 0.25) is 0 Å². The van der Waals surface area contributed by atoms with E-state index in [1.165, 1.54) is 18.2 Å². The second-order valence-electron chi connectivity index (χ2n) is 4.26. The van der Waals surface area contributed by atoms with Crippen molar-refractivity contribution in [2.75, 3.05) is 0 Å². The average Bonchev–Trinajstić information content (AvgIpc) is 2.41. The quantitative estimate of drug-likeness (QED) is 0.909. The van der Waals surface area contributed by atoms with E-state index < -0.39 is 5.97 Å². The molecule has 0 aromatic heterocycles. The first kappa shape index (κ1) is 14.5. The van der Waals surface area contributed by atoms with E-state index in [2.05, 4.69) is 15.9 Å². The van der Waals surface area contributed by atoms with E-state index in [-0.39, 0.29) is 18.0 Å². The number of hydrogen-bond donors (Lipinski definition) is 1. The number of halogens is 2. The summed E-state index contributed by atoms with van der Waals surface area (Å²) in [6, 6.07) is 9.16. The molecule has 0 bridgehead atoms. The zero-order chi connectivity index (χ0) is 14.7. The first-order valence-electron chi connectivity index (χ1n) is 5.88. The number of ether oxygens (including phenoxy) is 1. The zero-order valence-electron chi connectivity index (χ0n) is 10.7. The maximum atomic E-state index is 13.2. The van der Waals surface area contributed by atoms with Crippen molar-refractivity contribution in [3.05, 3.63) is 63.4 Å². The summed E-state index contributed by atoms with van der Waals surface area (Å²) < 4.78 is 19.5. The fraction of sp³-hybridized carbons (Fsp3) is 0.133. The topological polar surface area (TPSA) is 46.5 Å². The molecule has 0 heterocycles. The molecule has 0 spiro atoms. The number of aromatic carboxylic acids is 1. The van der Waals surface area contributed by atoms with Crippen molar-refractivity contribution in [1.82, 2.24) is 0 Å². The summed E-state index contributed by atoms with van der Waals surface area (Å²) in [6.07, 6.45) is 0. The van der Waals surface area contributed by atoms with E-state index in [9.17, 15) is 9.18 Å². The Morgan fingerprint density at radius 3 is 2.80 bits per heavy atom. The van der Waals surface area contributed by atoms with Gasteiger partial charge in [-0.2, -0.15) is 0 Å². The summed E-state index contributed by atoms with van der Waals surface area (Å²) in [5.74, 6) is -0.872. The Bertz CT molecular complexity index is 656. The van der Waals surface area contributed by atoms with Gasteiger partial charge in [0.05, 0.1) is 5.56 Å². The maximum Gasteiger partial charge on any atom is 0.336 e. The molecule has 0 saturated carbocycles.